The summed E-state index contributed by atoms with van der Waals surface area (Å²) >= 11 is 0. The van der Waals surface area contributed by atoms with Gasteiger partial charge in [-0.3, -0.25) is 4.98 Å². The lowest BCUT2D eigenvalue weighted by Gasteiger charge is -2.11. The molecule has 0 unspecified atom stereocenters. The predicted molar refractivity (Wildman–Crippen MR) is 105 cm³/mol. The second kappa shape index (κ2) is 8.25. The van der Waals surface area contributed by atoms with E-state index in [0.29, 0.717) is 5.71 Å². The first-order valence-electron chi connectivity index (χ1n) is 8.65. The van der Waals surface area contributed by atoms with Gasteiger partial charge < -0.3 is 5.21 Å². The van der Waals surface area contributed by atoms with Gasteiger partial charge in [0.2, 0.25) is 0 Å². The SMILES string of the molecule is CCCCC(=N/O)/C(=C/c1ccnc2ccccc12)c1ccccc1. The first-order valence-corrected chi connectivity index (χ1v) is 8.65. The van der Waals surface area contributed by atoms with Gasteiger partial charge in [0.15, 0.2) is 0 Å². The summed E-state index contributed by atoms with van der Waals surface area (Å²) in [6.07, 6.45) is 6.71. The van der Waals surface area contributed by atoms with E-state index >= 15 is 0 Å². The summed E-state index contributed by atoms with van der Waals surface area (Å²) in [4.78, 5) is 4.43. The number of benzene rings is 2. The average Bonchev–Trinajstić information content (AvgIpc) is 2.68. The Bertz CT molecular complexity index is 893. The summed E-state index contributed by atoms with van der Waals surface area (Å²) in [6.45, 7) is 2.14. The predicted octanol–water partition coefficient (Wildman–Crippen LogP) is 5.80. The fourth-order valence-electron chi connectivity index (χ4n) is 2.93. The van der Waals surface area contributed by atoms with Crippen molar-refractivity contribution >= 4 is 28.3 Å². The fraction of sp³-hybridized carbons (Fsp3) is 0.182. The van der Waals surface area contributed by atoms with Gasteiger partial charge in [0.25, 0.3) is 0 Å². The van der Waals surface area contributed by atoms with Crippen LogP contribution >= 0.6 is 0 Å². The third-order valence-electron chi connectivity index (χ3n) is 4.27. The normalized spacial score (nSPS) is 12.5. The Balaban J connectivity index is 2.15. The van der Waals surface area contributed by atoms with Crippen LogP contribution in [0.2, 0.25) is 0 Å². The number of aromatic nitrogens is 1. The maximum absolute atomic E-state index is 9.61. The van der Waals surface area contributed by atoms with E-state index in [0.717, 1.165) is 46.9 Å². The van der Waals surface area contributed by atoms with E-state index in [2.05, 4.69) is 29.2 Å². The Kier molecular flexibility index (Phi) is 5.57. The van der Waals surface area contributed by atoms with Gasteiger partial charge in [0.05, 0.1) is 11.2 Å². The second-order valence-electron chi connectivity index (χ2n) is 5.99. The molecule has 1 aromatic heterocycles. The summed E-state index contributed by atoms with van der Waals surface area (Å²) < 4.78 is 0. The minimum absolute atomic E-state index is 0.717. The molecule has 0 amide bonds. The molecule has 3 rings (SSSR count). The van der Waals surface area contributed by atoms with E-state index in [1.165, 1.54) is 0 Å². The van der Waals surface area contributed by atoms with Crippen molar-refractivity contribution in [2.45, 2.75) is 26.2 Å². The van der Waals surface area contributed by atoms with E-state index in [4.69, 9.17) is 0 Å². The minimum atomic E-state index is 0.717. The third-order valence-corrected chi connectivity index (χ3v) is 4.27. The summed E-state index contributed by atoms with van der Waals surface area (Å²) in [5, 5.41) is 14.3. The Hall–Kier alpha value is -2.94. The molecule has 0 bridgehead atoms. The highest BCUT2D eigenvalue weighted by Gasteiger charge is 2.11. The molecule has 3 heteroatoms. The van der Waals surface area contributed by atoms with Crippen LogP contribution in [0.25, 0.3) is 22.6 Å². The zero-order valence-corrected chi connectivity index (χ0v) is 14.4. The first-order chi connectivity index (χ1) is 12.3. The number of pyridine rings is 1. The van der Waals surface area contributed by atoms with Crippen molar-refractivity contribution in [3.63, 3.8) is 0 Å². The maximum Gasteiger partial charge on any atom is 0.0874 e. The molecule has 1 N–H and O–H groups in total. The lowest BCUT2D eigenvalue weighted by Crippen LogP contribution is -2.03. The standard InChI is InChI=1S/C22H22N2O/c1-2-3-12-22(24-25)20(17-9-5-4-6-10-17)16-18-14-15-23-21-13-8-7-11-19(18)21/h4-11,13-16,25H,2-3,12H2,1H3/b20-16+,24-22-. The highest BCUT2D eigenvalue weighted by molar-refractivity contribution is 6.28. The molecule has 0 spiro atoms. The van der Waals surface area contributed by atoms with Gasteiger partial charge in [-0.2, -0.15) is 0 Å². The number of rotatable bonds is 6. The number of nitrogens with zero attached hydrogens (tertiary/aromatic N) is 2. The van der Waals surface area contributed by atoms with Crippen LogP contribution in [-0.2, 0) is 0 Å². The number of hydrogen-bond donors (Lipinski definition) is 1. The second-order valence-corrected chi connectivity index (χ2v) is 5.99. The molecule has 0 saturated heterocycles. The van der Waals surface area contributed by atoms with Crippen LogP contribution in [0.1, 0.15) is 37.3 Å². The summed E-state index contributed by atoms with van der Waals surface area (Å²) in [5.74, 6) is 0. The lowest BCUT2D eigenvalue weighted by molar-refractivity contribution is 0.318. The van der Waals surface area contributed by atoms with Crippen LogP contribution < -0.4 is 0 Å². The first kappa shape index (κ1) is 16.9. The quantitative estimate of drug-likeness (QED) is 0.353. The third kappa shape index (κ3) is 3.94. The van der Waals surface area contributed by atoms with E-state index in [1.807, 2.05) is 60.8 Å². The molecular weight excluding hydrogens is 308 g/mol. The monoisotopic (exact) mass is 330 g/mol. The Labute approximate surface area is 148 Å². The number of allylic oxidation sites excluding steroid dienone is 1. The fourth-order valence-corrected chi connectivity index (χ4v) is 2.93. The van der Waals surface area contributed by atoms with Crippen LogP contribution in [0.15, 0.2) is 72.0 Å². The van der Waals surface area contributed by atoms with Gasteiger partial charge in [-0.25, -0.2) is 0 Å². The zero-order chi connectivity index (χ0) is 17.5. The number of unbranched alkanes of at least 4 members (excludes halogenated alkanes) is 1. The maximum atomic E-state index is 9.61. The number of para-hydroxylation sites is 1. The summed E-state index contributed by atoms with van der Waals surface area (Å²) in [7, 11) is 0. The Morgan fingerprint density at radius 2 is 1.80 bits per heavy atom. The molecule has 1 heterocycles. The van der Waals surface area contributed by atoms with Crippen LogP contribution in [0.3, 0.4) is 0 Å². The lowest BCUT2D eigenvalue weighted by atomic mass is 9.94. The van der Waals surface area contributed by atoms with Crippen molar-refractivity contribution in [1.29, 1.82) is 0 Å². The smallest absolute Gasteiger partial charge is 0.0874 e. The molecule has 3 nitrogen and oxygen atoms in total. The van der Waals surface area contributed by atoms with Crippen molar-refractivity contribution in [3.8, 4) is 0 Å². The summed E-state index contributed by atoms with van der Waals surface area (Å²) in [6, 6.07) is 20.2. The average molecular weight is 330 g/mol. The van der Waals surface area contributed by atoms with Gasteiger partial charge in [-0.1, -0.05) is 67.0 Å². The zero-order valence-electron chi connectivity index (χ0n) is 14.4. The highest BCUT2D eigenvalue weighted by Crippen LogP contribution is 2.26. The molecular formula is C22H22N2O. The largest absolute Gasteiger partial charge is 0.411 e. The molecule has 2 aromatic carbocycles. The summed E-state index contributed by atoms with van der Waals surface area (Å²) in [5.41, 5.74) is 4.75. The molecule has 0 radical (unpaired) electrons. The molecule has 25 heavy (non-hydrogen) atoms. The number of hydrogen-bond acceptors (Lipinski definition) is 3. The van der Waals surface area contributed by atoms with Gasteiger partial charge >= 0.3 is 0 Å². The van der Waals surface area contributed by atoms with E-state index < -0.39 is 0 Å². The highest BCUT2D eigenvalue weighted by atomic mass is 16.4. The topological polar surface area (TPSA) is 45.5 Å². The van der Waals surface area contributed by atoms with E-state index in [1.54, 1.807) is 0 Å². The number of fused-ring (bicyclic) bond motifs is 1. The minimum Gasteiger partial charge on any atom is -0.411 e. The van der Waals surface area contributed by atoms with Crippen molar-refractivity contribution in [2.24, 2.45) is 5.16 Å². The molecule has 0 saturated carbocycles. The molecule has 3 aromatic rings. The van der Waals surface area contributed by atoms with Crippen LogP contribution in [0.5, 0.6) is 0 Å². The number of oxime groups is 1. The van der Waals surface area contributed by atoms with Gasteiger partial charge in [-0.15, -0.1) is 0 Å². The molecule has 0 aliphatic rings. The van der Waals surface area contributed by atoms with Gasteiger partial charge in [0, 0.05) is 17.2 Å². The molecule has 126 valence electrons. The van der Waals surface area contributed by atoms with Gasteiger partial charge in [-0.05, 0) is 42.2 Å². The molecule has 0 fully saturated rings. The molecule has 0 atom stereocenters. The van der Waals surface area contributed by atoms with Crippen molar-refractivity contribution in [1.82, 2.24) is 4.98 Å². The van der Waals surface area contributed by atoms with Crippen LogP contribution in [0.4, 0.5) is 0 Å². The van der Waals surface area contributed by atoms with Crippen LogP contribution in [-0.4, -0.2) is 15.9 Å². The van der Waals surface area contributed by atoms with Crippen molar-refractivity contribution < 1.29 is 5.21 Å². The van der Waals surface area contributed by atoms with Crippen LogP contribution in [0, 0.1) is 0 Å². The van der Waals surface area contributed by atoms with Crippen molar-refractivity contribution in [3.05, 3.63) is 78.0 Å². The Morgan fingerprint density at radius 1 is 1.04 bits per heavy atom. The molecule has 0 aliphatic carbocycles. The Morgan fingerprint density at radius 3 is 2.56 bits per heavy atom. The van der Waals surface area contributed by atoms with E-state index in [9.17, 15) is 5.21 Å². The molecule has 0 aliphatic heterocycles. The van der Waals surface area contributed by atoms with Gasteiger partial charge in [0.1, 0.15) is 0 Å². The van der Waals surface area contributed by atoms with Crippen molar-refractivity contribution in [2.75, 3.05) is 0 Å². The van der Waals surface area contributed by atoms with E-state index in [-0.39, 0.29) is 0 Å².